The van der Waals surface area contributed by atoms with Gasteiger partial charge in [-0.1, -0.05) is 23.9 Å². The van der Waals surface area contributed by atoms with Crippen LogP contribution in [0.15, 0.2) is 58.3 Å². The first-order valence-electron chi connectivity index (χ1n) is 10.4. The Morgan fingerprint density at radius 1 is 0.966 bits per heavy atom. The average Bonchev–Trinajstić information content (AvgIpc) is 3.34. The molecule has 4 heteroatoms. The van der Waals surface area contributed by atoms with Gasteiger partial charge in [0.25, 0.3) is 0 Å². The van der Waals surface area contributed by atoms with Crippen molar-refractivity contribution in [3.63, 3.8) is 0 Å². The van der Waals surface area contributed by atoms with Gasteiger partial charge in [-0.2, -0.15) is 0 Å². The smallest absolute Gasteiger partial charge is 0.200 e. The maximum absolute atomic E-state index is 12.7. The van der Waals surface area contributed by atoms with Crippen molar-refractivity contribution in [2.75, 3.05) is 18.0 Å². The molecule has 0 saturated heterocycles. The average molecular weight is 399 g/mol. The molecule has 0 radical (unpaired) electrons. The number of hydrogen-bond donors (Lipinski definition) is 1. The van der Waals surface area contributed by atoms with Crippen molar-refractivity contribution in [1.29, 1.82) is 0 Å². The molecule has 2 aromatic carbocycles. The van der Waals surface area contributed by atoms with E-state index < -0.39 is 0 Å². The number of H-pyrrole nitrogens is 1. The molecule has 4 heterocycles. The van der Waals surface area contributed by atoms with Crippen molar-refractivity contribution in [3.8, 4) is 11.3 Å². The predicted octanol–water partition coefficient (Wildman–Crippen LogP) is 5.71. The summed E-state index contributed by atoms with van der Waals surface area (Å²) in [7, 11) is 0. The van der Waals surface area contributed by atoms with E-state index in [0.29, 0.717) is 0 Å². The third kappa shape index (κ3) is 2.85. The molecule has 0 atom stereocenters. The van der Waals surface area contributed by atoms with Crippen molar-refractivity contribution in [2.24, 2.45) is 0 Å². The lowest BCUT2D eigenvalue weighted by Crippen LogP contribution is -2.34. The first kappa shape index (κ1) is 17.2. The maximum atomic E-state index is 12.7. The van der Waals surface area contributed by atoms with E-state index in [4.69, 9.17) is 0 Å². The second kappa shape index (κ2) is 6.67. The molecule has 3 aliphatic rings. The number of anilines is 1. The number of benzene rings is 2. The number of hydrogen-bond acceptors (Lipinski definition) is 3. The van der Waals surface area contributed by atoms with E-state index in [1.807, 2.05) is 30.3 Å². The zero-order chi connectivity index (χ0) is 19.4. The van der Waals surface area contributed by atoms with Crippen LogP contribution in [0.2, 0.25) is 0 Å². The van der Waals surface area contributed by atoms with Crippen LogP contribution < -0.4 is 4.90 Å². The van der Waals surface area contributed by atoms with Gasteiger partial charge < -0.3 is 9.88 Å². The summed E-state index contributed by atoms with van der Waals surface area (Å²) < 4.78 is 0. The lowest BCUT2D eigenvalue weighted by molar-refractivity contribution is 0.104. The van der Waals surface area contributed by atoms with Crippen LogP contribution >= 0.6 is 11.8 Å². The second-order valence-corrected chi connectivity index (χ2v) is 9.18. The molecule has 0 saturated carbocycles. The summed E-state index contributed by atoms with van der Waals surface area (Å²) in [6, 6.07) is 16.8. The van der Waals surface area contributed by atoms with E-state index in [1.165, 1.54) is 61.2 Å². The van der Waals surface area contributed by atoms with Crippen LogP contribution in [0.25, 0.3) is 17.3 Å². The second-order valence-electron chi connectivity index (χ2n) is 8.10. The lowest BCUT2D eigenvalue weighted by Gasteiger charge is -2.37. The SMILES string of the molecule is O=C1/C(=C\c2ccc(-c3cc4c5c(c3)CCCN5CCC4)[nH]2)Sc2ccccc21. The van der Waals surface area contributed by atoms with E-state index >= 15 is 0 Å². The van der Waals surface area contributed by atoms with Crippen LogP contribution in [0.4, 0.5) is 5.69 Å². The number of allylic oxidation sites excluding steroid dienone is 1. The molecule has 29 heavy (non-hydrogen) atoms. The molecule has 0 fully saturated rings. The molecule has 0 amide bonds. The number of nitrogens with zero attached hydrogens (tertiary/aromatic N) is 1. The minimum atomic E-state index is 0.125. The van der Waals surface area contributed by atoms with Gasteiger partial charge in [0.1, 0.15) is 0 Å². The summed E-state index contributed by atoms with van der Waals surface area (Å²) in [6.07, 6.45) is 6.83. The Morgan fingerprint density at radius 3 is 2.48 bits per heavy atom. The van der Waals surface area contributed by atoms with Gasteiger partial charge in [-0.05, 0) is 84.8 Å². The number of nitrogens with one attached hydrogen (secondary N) is 1. The zero-order valence-electron chi connectivity index (χ0n) is 16.2. The third-order valence-electron chi connectivity index (χ3n) is 6.21. The monoisotopic (exact) mass is 398 g/mol. The molecule has 3 aliphatic heterocycles. The Kier molecular flexibility index (Phi) is 3.95. The van der Waals surface area contributed by atoms with Gasteiger partial charge in [0.15, 0.2) is 0 Å². The first-order chi connectivity index (χ1) is 14.3. The quantitative estimate of drug-likeness (QED) is 0.562. The molecule has 0 unspecified atom stereocenters. The largest absolute Gasteiger partial charge is 0.371 e. The molecule has 144 valence electrons. The van der Waals surface area contributed by atoms with Crippen LogP contribution in [-0.2, 0) is 12.8 Å². The molecule has 1 N–H and O–H groups in total. The summed E-state index contributed by atoms with van der Waals surface area (Å²) in [5, 5.41) is 0. The Bertz CT molecular complexity index is 1140. The number of rotatable bonds is 2. The van der Waals surface area contributed by atoms with E-state index in [2.05, 4.69) is 34.1 Å². The van der Waals surface area contributed by atoms with Gasteiger partial charge in [0.05, 0.1) is 4.91 Å². The molecule has 3 aromatic rings. The maximum Gasteiger partial charge on any atom is 0.200 e. The van der Waals surface area contributed by atoms with Crippen LogP contribution in [0.1, 0.15) is 40.0 Å². The highest BCUT2D eigenvalue weighted by atomic mass is 32.2. The van der Waals surface area contributed by atoms with Crippen molar-refractivity contribution in [1.82, 2.24) is 4.98 Å². The van der Waals surface area contributed by atoms with Crippen LogP contribution in [0, 0.1) is 0 Å². The minimum Gasteiger partial charge on any atom is -0.371 e. The van der Waals surface area contributed by atoms with Crippen molar-refractivity contribution >= 4 is 29.3 Å². The molecular formula is C25H22N2OS. The van der Waals surface area contributed by atoms with E-state index in [0.717, 1.165) is 26.8 Å². The summed E-state index contributed by atoms with van der Waals surface area (Å²) in [5.41, 5.74) is 8.69. The Hall–Kier alpha value is -2.72. The van der Waals surface area contributed by atoms with Gasteiger partial charge >= 0.3 is 0 Å². The Balaban J connectivity index is 1.34. The van der Waals surface area contributed by atoms with Crippen LogP contribution in [0.5, 0.6) is 0 Å². The Labute approximate surface area is 174 Å². The highest BCUT2D eigenvalue weighted by molar-refractivity contribution is 8.04. The number of ketones is 1. The third-order valence-corrected chi connectivity index (χ3v) is 7.31. The number of aromatic amines is 1. The molecule has 0 spiro atoms. The first-order valence-corrected chi connectivity index (χ1v) is 11.2. The molecule has 6 rings (SSSR count). The van der Waals surface area contributed by atoms with Gasteiger partial charge in [0.2, 0.25) is 5.78 Å². The highest BCUT2D eigenvalue weighted by Gasteiger charge is 2.26. The number of carbonyl (C=O) groups is 1. The highest BCUT2D eigenvalue weighted by Crippen LogP contribution is 2.41. The Morgan fingerprint density at radius 2 is 1.72 bits per heavy atom. The molecule has 3 nitrogen and oxygen atoms in total. The standard InChI is InChI=1S/C25H22N2OS/c28-25-20-7-1-2-8-22(20)29-23(25)15-19-9-10-21(26-19)18-13-16-5-3-11-27-12-4-6-17(14-18)24(16)27/h1-2,7-10,13-15,26H,3-6,11-12H2/b23-15+. The minimum absolute atomic E-state index is 0.125. The normalized spacial score (nSPS) is 18.8. The van der Waals surface area contributed by atoms with Gasteiger partial charge in [0, 0.05) is 40.6 Å². The fourth-order valence-corrected chi connectivity index (χ4v) is 5.94. The number of aryl methyl sites for hydroxylation is 2. The number of thioether (sulfide) groups is 1. The number of Topliss-reactive ketones (excluding diaryl/α,β-unsaturated/α-hetero) is 1. The fourth-order valence-electron chi connectivity index (χ4n) is 4.90. The van der Waals surface area contributed by atoms with Crippen molar-refractivity contribution in [3.05, 3.63) is 75.8 Å². The lowest BCUT2D eigenvalue weighted by atomic mass is 9.89. The summed E-state index contributed by atoms with van der Waals surface area (Å²) in [6.45, 7) is 2.40. The fraction of sp³-hybridized carbons (Fsp3) is 0.240. The number of aromatic nitrogens is 1. The van der Waals surface area contributed by atoms with E-state index in [9.17, 15) is 4.79 Å². The van der Waals surface area contributed by atoms with Crippen molar-refractivity contribution < 1.29 is 4.79 Å². The molecule has 0 bridgehead atoms. The van der Waals surface area contributed by atoms with E-state index in [-0.39, 0.29) is 5.78 Å². The number of carbonyl (C=O) groups excluding carboxylic acids is 1. The van der Waals surface area contributed by atoms with Gasteiger partial charge in [-0.15, -0.1) is 0 Å². The van der Waals surface area contributed by atoms with Gasteiger partial charge in [-0.3, -0.25) is 4.79 Å². The molecule has 1 aromatic heterocycles. The van der Waals surface area contributed by atoms with Crippen LogP contribution in [0.3, 0.4) is 0 Å². The van der Waals surface area contributed by atoms with Crippen LogP contribution in [-0.4, -0.2) is 23.9 Å². The predicted molar refractivity (Wildman–Crippen MR) is 120 cm³/mol. The molecule has 0 aliphatic carbocycles. The summed E-state index contributed by atoms with van der Waals surface area (Å²) in [4.78, 5) is 20.6. The zero-order valence-corrected chi connectivity index (χ0v) is 17.0. The summed E-state index contributed by atoms with van der Waals surface area (Å²) >= 11 is 1.56. The molecular weight excluding hydrogens is 376 g/mol. The number of fused-ring (bicyclic) bond motifs is 1. The topological polar surface area (TPSA) is 36.1 Å². The summed E-state index contributed by atoms with van der Waals surface area (Å²) in [5.74, 6) is 0.125. The van der Waals surface area contributed by atoms with Crippen molar-refractivity contribution in [2.45, 2.75) is 30.6 Å². The van der Waals surface area contributed by atoms with E-state index in [1.54, 1.807) is 11.8 Å². The van der Waals surface area contributed by atoms with Gasteiger partial charge in [-0.25, -0.2) is 0 Å².